The molecule has 0 atom stereocenters. The standard InChI is InChI=1S/C9H9F3.C7H8.2HI.2V/c1-6-3-7(2)5-8(4-6)9(10,11)12;1-7-5-3-2-4-6-7;;;;/h3-5H,1-2H3;2-6H,1H3;2*1H;;/q;;;;;+2/p-2. The maximum atomic E-state index is 12.1. The molecule has 0 unspecified atom stereocenters. The summed E-state index contributed by atoms with van der Waals surface area (Å²) in [6, 6.07) is 14.3. The predicted molar refractivity (Wildman–Crippen MR) is 100 cm³/mol. The van der Waals surface area contributed by atoms with Crippen LogP contribution in [0.1, 0.15) is 22.3 Å². The Bertz CT molecular complexity index is 527. The van der Waals surface area contributed by atoms with Gasteiger partial charge in [0.1, 0.15) is 0 Å². The van der Waals surface area contributed by atoms with Crippen molar-refractivity contribution < 1.29 is 41.2 Å². The number of benzene rings is 2. The van der Waals surface area contributed by atoms with Crippen LogP contribution in [-0.4, -0.2) is 0 Å². The van der Waals surface area contributed by atoms with Crippen LogP contribution in [0.5, 0.6) is 0 Å². The Kier molecular flexibility index (Phi) is 16.0. The minimum atomic E-state index is -4.23. The van der Waals surface area contributed by atoms with Gasteiger partial charge in [-0.05, 0) is 32.9 Å². The van der Waals surface area contributed by atoms with Crippen LogP contribution < -0.4 is 0 Å². The molecule has 0 heterocycles. The van der Waals surface area contributed by atoms with Gasteiger partial charge >= 0.3 is 55.6 Å². The van der Waals surface area contributed by atoms with Crippen molar-refractivity contribution in [1.29, 1.82) is 0 Å². The number of alkyl halides is 3. The summed E-state index contributed by atoms with van der Waals surface area (Å²) in [5.74, 6) is 0. The maximum absolute atomic E-state index is 12.1. The molecule has 2 aromatic carbocycles. The third kappa shape index (κ3) is 13.8. The molecule has 23 heavy (non-hydrogen) atoms. The van der Waals surface area contributed by atoms with E-state index in [-0.39, 0.29) is 18.6 Å². The number of halogens is 5. The smallest absolute Gasteiger partial charge is 0 e. The Morgan fingerprint density at radius 3 is 1.43 bits per heavy atom. The molecular weight excluding hydrogens is 605 g/mol. The molecule has 2 aromatic rings. The second-order valence-corrected chi connectivity index (χ2v) is 16.4. The Hall–Kier alpha value is 0.859. The quantitative estimate of drug-likeness (QED) is 0.276. The van der Waals surface area contributed by atoms with Crippen LogP contribution in [-0.2, 0) is 34.2 Å². The topological polar surface area (TPSA) is 0 Å². The summed E-state index contributed by atoms with van der Waals surface area (Å²) in [7, 11) is 0.628. The summed E-state index contributed by atoms with van der Waals surface area (Å²) >= 11 is 4.74. The van der Waals surface area contributed by atoms with Gasteiger partial charge in [0.25, 0.3) is 0 Å². The Morgan fingerprint density at radius 2 is 1.17 bits per heavy atom. The van der Waals surface area contributed by atoms with E-state index in [9.17, 15) is 13.2 Å². The Morgan fingerprint density at radius 1 is 0.783 bits per heavy atom. The molecule has 0 aromatic heterocycles. The molecule has 0 nitrogen and oxygen atoms in total. The summed E-state index contributed by atoms with van der Waals surface area (Å²) in [6.07, 6.45) is -4.23. The first kappa shape index (κ1) is 26.1. The van der Waals surface area contributed by atoms with Gasteiger partial charge in [0, 0.05) is 18.6 Å². The van der Waals surface area contributed by atoms with Crippen LogP contribution in [0.15, 0.2) is 48.5 Å². The van der Waals surface area contributed by atoms with Crippen molar-refractivity contribution in [3.63, 3.8) is 0 Å². The first-order chi connectivity index (χ1) is 10.2. The van der Waals surface area contributed by atoms with Gasteiger partial charge in [0.15, 0.2) is 0 Å². The third-order valence-electron chi connectivity index (χ3n) is 2.49. The summed E-state index contributed by atoms with van der Waals surface area (Å²) in [5, 5.41) is 0. The number of rotatable bonds is 0. The van der Waals surface area contributed by atoms with Crippen molar-refractivity contribution >= 4 is 40.0 Å². The van der Waals surface area contributed by atoms with Gasteiger partial charge in [0.05, 0.1) is 5.56 Å². The predicted octanol–water partition coefficient (Wildman–Crippen LogP) is 7.08. The molecule has 0 spiro atoms. The zero-order valence-corrected chi connectivity index (χ0v) is 20.0. The fourth-order valence-electron chi connectivity index (χ4n) is 1.67. The van der Waals surface area contributed by atoms with Crippen molar-refractivity contribution in [3.05, 3.63) is 70.8 Å². The second-order valence-electron chi connectivity index (χ2n) is 4.59. The van der Waals surface area contributed by atoms with Crippen molar-refractivity contribution in [2.75, 3.05) is 0 Å². The van der Waals surface area contributed by atoms with Gasteiger partial charge in [-0.25, -0.2) is 0 Å². The molecule has 1 radical (unpaired) electrons. The van der Waals surface area contributed by atoms with E-state index in [0.29, 0.717) is 20.6 Å². The molecule has 0 bridgehead atoms. The van der Waals surface area contributed by atoms with Crippen LogP contribution in [0, 0.1) is 20.8 Å². The van der Waals surface area contributed by atoms with E-state index in [0.717, 1.165) is 12.1 Å². The molecule has 2 rings (SSSR count). The van der Waals surface area contributed by atoms with Crippen LogP contribution in [0.3, 0.4) is 0 Å². The normalized spacial score (nSPS) is 9.39. The molecule has 0 saturated heterocycles. The Labute approximate surface area is 177 Å². The van der Waals surface area contributed by atoms with Gasteiger partial charge in [0.2, 0.25) is 0 Å². The molecule has 0 aliphatic carbocycles. The minimum absolute atomic E-state index is 0. The molecule has 0 amide bonds. The summed E-state index contributed by atoms with van der Waals surface area (Å²) < 4.78 is 36.4. The zero-order chi connectivity index (χ0) is 17.2. The van der Waals surface area contributed by atoms with E-state index in [1.807, 2.05) is 18.2 Å². The molecule has 7 heteroatoms. The molecule has 0 fully saturated rings. The second kappa shape index (κ2) is 14.1. The van der Waals surface area contributed by atoms with Crippen molar-refractivity contribution in [2.45, 2.75) is 26.9 Å². The van der Waals surface area contributed by atoms with Crippen LogP contribution in [0.25, 0.3) is 0 Å². The minimum Gasteiger partial charge on any atom is 0 e. The largest absolute Gasteiger partial charge is 0 e. The molecule has 126 valence electrons. The van der Waals surface area contributed by atoms with Crippen LogP contribution in [0.2, 0.25) is 0 Å². The molecule has 0 N–H and O–H groups in total. The van der Waals surface area contributed by atoms with E-state index in [1.54, 1.807) is 19.9 Å². The van der Waals surface area contributed by atoms with Crippen molar-refractivity contribution in [1.82, 2.24) is 0 Å². The number of hydrogen-bond donors (Lipinski definition) is 0. The number of hydrogen-bond acceptors (Lipinski definition) is 0. The van der Waals surface area contributed by atoms with E-state index in [4.69, 9.17) is 0 Å². The van der Waals surface area contributed by atoms with E-state index >= 15 is 0 Å². The monoisotopic (exact) mass is 622 g/mol. The van der Waals surface area contributed by atoms with Crippen LogP contribution in [0.4, 0.5) is 13.2 Å². The van der Waals surface area contributed by atoms with Gasteiger partial charge in [-0.3, -0.25) is 0 Å². The molecule has 0 saturated carbocycles. The summed E-state index contributed by atoms with van der Waals surface area (Å²) in [4.78, 5) is 0. The van der Waals surface area contributed by atoms with Gasteiger partial charge in [-0.15, -0.1) is 0 Å². The van der Waals surface area contributed by atoms with Gasteiger partial charge in [-0.1, -0.05) is 53.1 Å². The maximum Gasteiger partial charge on any atom is 0 e. The number of aryl methyl sites for hydroxylation is 3. The Balaban J connectivity index is 0. The average molecular weight is 622 g/mol. The molecule has 0 aliphatic heterocycles. The van der Waals surface area contributed by atoms with Crippen LogP contribution >= 0.6 is 40.0 Å². The zero-order valence-electron chi connectivity index (χ0n) is 12.9. The van der Waals surface area contributed by atoms with Crippen molar-refractivity contribution in [2.24, 2.45) is 0 Å². The summed E-state index contributed by atoms with van der Waals surface area (Å²) in [6.45, 7) is 5.39. The van der Waals surface area contributed by atoms with E-state index in [2.05, 4.69) is 59.0 Å². The summed E-state index contributed by atoms with van der Waals surface area (Å²) in [5.41, 5.74) is 2.03. The molecule has 0 aliphatic rings. The first-order valence-electron chi connectivity index (χ1n) is 6.30. The van der Waals surface area contributed by atoms with Gasteiger partial charge < -0.3 is 0 Å². The van der Waals surface area contributed by atoms with Crippen molar-refractivity contribution in [3.8, 4) is 0 Å². The SMILES string of the molecule is Cc1cc(C)cc(C(F)(F)F)c1.Cc1ccccc1.[I][V][I].[V]. The third-order valence-corrected chi connectivity index (χ3v) is 2.49. The average Bonchev–Trinajstić information content (AvgIpc) is 2.39. The van der Waals surface area contributed by atoms with E-state index < -0.39 is 11.7 Å². The fraction of sp³-hybridized carbons (Fsp3) is 0.250. The van der Waals surface area contributed by atoms with E-state index in [1.165, 1.54) is 5.56 Å². The van der Waals surface area contributed by atoms with Gasteiger partial charge in [-0.2, -0.15) is 13.2 Å². The molecular formula is C16H17F3I2V2. The fourth-order valence-corrected chi connectivity index (χ4v) is 1.67. The first-order valence-corrected chi connectivity index (χ1v) is 15.3.